The highest BCUT2D eigenvalue weighted by Crippen LogP contribution is 2.23. The number of fused-ring (bicyclic) bond motifs is 1. The molecule has 3 aromatic rings. The molecular formula is C25H23F2N3O2. The molecule has 0 saturated carbocycles. The molecule has 1 heterocycles. The fourth-order valence-electron chi connectivity index (χ4n) is 3.66. The molecule has 1 amide bonds. The van der Waals surface area contributed by atoms with Gasteiger partial charge in [-0.1, -0.05) is 48.5 Å². The van der Waals surface area contributed by atoms with Crippen LogP contribution in [0.4, 0.5) is 14.5 Å². The fraction of sp³-hybridized carbons (Fsp3) is 0.200. The predicted molar refractivity (Wildman–Crippen MR) is 120 cm³/mol. The van der Waals surface area contributed by atoms with Crippen molar-refractivity contribution in [1.82, 2.24) is 5.32 Å². The van der Waals surface area contributed by atoms with Crippen molar-refractivity contribution in [3.05, 3.63) is 101 Å². The molecule has 2 unspecified atom stereocenters. The van der Waals surface area contributed by atoms with E-state index < -0.39 is 23.9 Å². The summed E-state index contributed by atoms with van der Waals surface area (Å²) in [6.07, 6.45) is -1.15. The van der Waals surface area contributed by atoms with Crippen molar-refractivity contribution in [1.29, 1.82) is 0 Å². The normalized spacial score (nSPS) is 16.5. The lowest BCUT2D eigenvalue weighted by atomic mass is 10.0. The van der Waals surface area contributed by atoms with Gasteiger partial charge in [-0.05, 0) is 36.6 Å². The number of aliphatic hydroxyl groups excluding tert-OH is 1. The van der Waals surface area contributed by atoms with Crippen molar-refractivity contribution in [2.75, 3.05) is 11.9 Å². The number of benzodiazepines with no additional fused rings is 1. The Morgan fingerprint density at radius 2 is 1.69 bits per heavy atom. The van der Waals surface area contributed by atoms with Gasteiger partial charge < -0.3 is 10.4 Å². The van der Waals surface area contributed by atoms with Gasteiger partial charge in [-0.15, -0.1) is 0 Å². The van der Waals surface area contributed by atoms with Crippen LogP contribution in [0.5, 0.6) is 0 Å². The standard InChI is InChI=1S/C25H23F2N3O2/c26-18-12-16(13-19(27)14-18)10-11-20(31)15-28-24-25(32)29-22-9-5-4-8-21(22)23(30-24)17-6-2-1-3-7-17/h1-9,12-14,20,24,28,31H,10-11,15H2,(H,29,32). The van der Waals surface area contributed by atoms with E-state index in [1.54, 1.807) is 0 Å². The number of benzene rings is 3. The molecule has 2 atom stereocenters. The lowest BCUT2D eigenvalue weighted by Crippen LogP contribution is -2.42. The first-order valence-electron chi connectivity index (χ1n) is 10.4. The van der Waals surface area contributed by atoms with E-state index in [9.17, 15) is 18.7 Å². The van der Waals surface area contributed by atoms with Gasteiger partial charge >= 0.3 is 0 Å². The van der Waals surface area contributed by atoms with Gasteiger partial charge in [-0.25, -0.2) is 8.78 Å². The molecule has 164 valence electrons. The zero-order valence-electron chi connectivity index (χ0n) is 17.3. The quantitative estimate of drug-likeness (QED) is 0.530. The second-order valence-corrected chi connectivity index (χ2v) is 7.66. The van der Waals surface area contributed by atoms with E-state index in [-0.39, 0.29) is 18.9 Å². The van der Waals surface area contributed by atoms with Crippen LogP contribution >= 0.6 is 0 Å². The summed E-state index contributed by atoms with van der Waals surface area (Å²) >= 11 is 0. The van der Waals surface area contributed by atoms with Crippen molar-refractivity contribution in [2.24, 2.45) is 4.99 Å². The Balaban J connectivity index is 1.47. The first-order valence-corrected chi connectivity index (χ1v) is 10.4. The molecule has 0 radical (unpaired) electrons. The topological polar surface area (TPSA) is 73.7 Å². The summed E-state index contributed by atoms with van der Waals surface area (Å²) in [4.78, 5) is 17.4. The van der Waals surface area contributed by atoms with Crippen LogP contribution in [-0.2, 0) is 11.2 Å². The van der Waals surface area contributed by atoms with E-state index in [0.717, 1.165) is 17.2 Å². The maximum absolute atomic E-state index is 13.3. The minimum atomic E-state index is -0.904. The molecular weight excluding hydrogens is 412 g/mol. The van der Waals surface area contributed by atoms with E-state index in [1.807, 2.05) is 54.6 Å². The van der Waals surface area contributed by atoms with Crippen LogP contribution in [0.15, 0.2) is 77.8 Å². The van der Waals surface area contributed by atoms with Gasteiger partial charge in [-0.2, -0.15) is 0 Å². The summed E-state index contributed by atoms with van der Waals surface area (Å²) in [7, 11) is 0. The molecule has 0 fully saturated rings. The number of hydrogen-bond donors (Lipinski definition) is 3. The monoisotopic (exact) mass is 435 g/mol. The Morgan fingerprint density at radius 3 is 2.44 bits per heavy atom. The molecule has 3 N–H and O–H groups in total. The summed E-state index contributed by atoms with van der Waals surface area (Å²) in [6.45, 7) is 0.0950. The molecule has 0 spiro atoms. The lowest BCUT2D eigenvalue weighted by Gasteiger charge is -2.16. The van der Waals surface area contributed by atoms with E-state index in [2.05, 4.69) is 15.6 Å². The number of carbonyl (C=O) groups is 1. The first kappa shape index (κ1) is 21.8. The van der Waals surface area contributed by atoms with Crippen LogP contribution in [-0.4, -0.2) is 35.5 Å². The highest BCUT2D eigenvalue weighted by Gasteiger charge is 2.25. The average molecular weight is 435 g/mol. The van der Waals surface area contributed by atoms with E-state index >= 15 is 0 Å². The van der Waals surface area contributed by atoms with Crippen molar-refractivity contribution in [3.8, 4) is 0 Å². The van der Waals surface area contributed by atoms with Crippen molar-refractivity contribution >= 4 is 17.3 Å². The average Bonchev–Trinajstić information content (AvgIpc) is 2.92. The number of para-hydroxylation sites is 1. The van der Waals surface area contributed by atoms with Gasteiger partial charge in [0.1, 0.15) is 11.6 Å². The second-order valence-electron chi connectivity index (χ2n) is 7.66. The predicted octanol–water partition coefficient (Wildman–Crippen LogP) is 3.66. The largest absolute Gasteiger partial charge is 0.392 e. The highest BCUT2D eigenvalue weighted by atomic mass is 19.1. The molecule has 1 aliphatic heterocycles. The second kappa shape index (κ2) is 9.80. The maximum Gasteiger partial charge on any atom is 0.263 e. The molecule has 3 aromatic carbocycles. The van der Waals surface area contributed by atoms with Gasteiger partial charge in [0.05, 0.1) is 17.5 Å². The molecule has 0 bridgehead atoms. The number of nitrogens with zero attached hydrogens (tertiary/aromatic N) is 1. The third-order valence-electron chi connectivity index (χ3n) is 5.23. The fourth-order valence-corrected chi connectivity index (χ4v) is 3.66. The Hall–Kier alpha value is -3.42. The van der Waals surface area contributed by atoms with Crippen LogP contribution in [0, 0.1) is 11.6 Å². The summed E-state index contributed by atoms with van der Waals surface area (Å²) in [5.41, 5.74) is 3.48. The van der Waals surface area contributed by atoms with Crippen LogP contribution in [0.25, 0.3) is 0 Å². The first-order chi connectivity index (χ1) is 15.5. The number of rotatable bonds is 7. The Labute approximate surface area is 184 Å². The van der Waals surface area contributed by atoms with Gasteiger partial charge in [0.25, 0.3) is 5.91 Å². The van der Waals surface area contributed by atoms with Crippen LogP contribution < -0.4 is 10.6 Å². The minimum Gasteiger partial charge on any atom is -0.392 e. The molecule has 0 aliphatic carbocycles. The number of aliphatic hydroxyl groups is 1. The number of aliphatic imine (C=N–C) groups is 1. The van der Waals surface area contributed by atoms with E-state index in [0.29, 0.717) is 23.4 Å². The van der Waals surface area contributed by atoms with Crippen molar-refractivity contribution < 1.29 is 18.7 Å². The lowest BCUT2D eigenvalue weighted by molar-refractivity contribution is -0.118. The van der Waals surface area contributed by atoms with E-state index in [1.165, 1.54) is 12.1 Å². The number of nitrogens with one attached hydrogen (secondary N) is 2. The zero-order chi connectivity index (χ0) is 22.5. The number of halogens is 2. The van der Waals surface area contributed by atoms with Gasteiger partial charge in [0.2, 0.25) is 0 Å². The Bertz CT molecular complexity index is 1110. The molecule has 0 saturated heterocycles. The third-order valence-corrected chi connectivity index (χ3v) is 5.23. The number of carbonyl (C=O) groups excluding carboxylic acids is 1. The van der Waals surface area contributed by atoms with Gasteiger partial charge in [-0.3, -0.25) is 15.1 Å². The zero-order valence-corrected chi connectivity index (χ0v) is 17.3. The molecule has 4 rings (SSSR count). The van der Waals surface area contributed by atoms with Crippen LogP contribution in [0.3, 0.4) is 0 Å². The number of hydrogen-bond acceptors (Lipinski definition) is 4. The molecule has 32 heavy (non-hydrogen) atoms. The number of amides is 1. The summed E-state index contributed by atoms with van der Waals surface area (Å²) in [6, 6.07) is 20.3. The Kier molecular flexibility index (Phi) is 6.68. The molecule has 5 nitrogen and oxygen atoms in total. The summed E-state index contributed by atoms with van der Waals surface area (Å²) in [5.74, 6) is -1.63. The van der Waals surface area contributed by atoms with Crippen LogP contribution in [0.2, 0.25) is 0 Å². The maximum atomic E-state index is 13.3. The number of anilines is 1. The third kappa shape index (κ3) is 5.25. The smallest absolute Gasteiger partial charge is 0.263 e. The summed E-state index contributed by atoms with van der Waals surface area (Å²) in [5, 5.41) is 16.3. The molecule has 7 heteroatoms. The summed E-state index contributed by atoms with van der Waals surface area (Å²) < 4.78 is 26.7. The van der Waals surface area contributed by atoms with E-state index in [4.69, 9.17) is 0 Å². The Morgan fingerprint density at radius 1 is 1.00 bits per heavy atom. The highest BCUT2D eigenvalue weighted by molar-refractivity contribution is 6.19. The van der Waals surface area contributed by atoms with Crippen molar-refractivity contribution in [2.45, 2.75) is 25.1 Å². The van der Waals surface area contributed by atoms with Gasteiger partial charge in [0.15, 0.2) is 6.17 Å². The van der Waals surface area contributed by atoms with Gasteiger partial charge in [0, 0.05) is 23.7 Å². The molecule has 1 aliphatic rings. The van der Waals surface area contributed by atoms with Crippen molar-refractivity contribution in [3.63, 3.8) is 0 Å². The minimum absolute atomic E-state index is 0.0950. The molecule has 0 aromatic heterocycles. The number of aryl methyl sites for hydroxylation is 1. The van der Waals surface area contributed by atoms with Crippen LogP contribution in [0.1, 0.15) is 23.1 Å². The SMILES string of the molecule is O=C1Nc2ccccc2C(c2ccccc2)=NC1NCC(O)CCc1cc(F)cc(F)c1.